The van der Waals surface area contributed by atoms with Gasteiger partial charge in [-0.1, -0.05) is 66.7 Å². The molecule has 128 valence electrons. The zero-order valence-corrected chi connectivity index (χ0v) is 13.5. The molecule has 3 aromatic rings. The van der Waals surface area contributed by atoms with Crippen LogP contribution in [0.15, 0.2) is 72.8 Å². The molecule has 2 unspecified atom stereocenters. The van der Waals surface area contributed by atoms with Crippen molar-refractivity contribution in [2.45, 2.75) is 18.9 Å². The number of carbonyl (C=O) groups is 1. The van der Waals surface area contributed by atoms with E-state index in [2.05, 4.69) is 5.32 Å². The second-order valence-corrected chi connectivity index (χ2v) is 5.70. The Hall–Kier alpha value is -2.89. The van der Waals surface area contributed by atoms with Crippen LogP contribution in [0.4, 0.5) is 4.79 Å². The predicted molar refractivity (Wildman–Crippen MR) is 94.7 cm³/mol. The van der Waals surface area contributed by atoms with E-state index >= 15 is 0 Å². The molecule has 0 spiro atoms. The number of amides is 1. The van der Waals surface area contributed by atoms with Crippen LogP contribution in [0.3, 0.4) is 0 Å². The summed E-state index contributed by atoms with van der Waals surface area (Å²) in [6.45, 7) is 0.0888. The van der Waals surface area contributed by atoms with E-state index in [0.717, 1.165) is 16.3 Å². The molecule has 0 saturated heterocycles. The monoisotopic (exact) mass is 337 g/mol. The van der Waals surface area contributed by atoms with Crippen LogP contribution in [-0.4, -0.2) is 22.5 Å². The van der Waals surface area contributed by atoms with Crippen LogP contribution >= 0.6 is 0 Å². The number of carbonyl (C=O) groups excluding carboxylic acids is 1. The van der Waals surface area contributed by atoms with Gasteiger partial charge in [-0.05, 0) is 28.0 Å². The summed E-state index contributed by atoms with van der Waals surface area (Å²) < 4.78 is 5.03. The summed E-state index contributed by atoms with van der Waals surface area (Å²) in [6, 6.07) is 22.3. The molecule has 0 fully saturated rings. The quantitative estimate of drug-likeness (QED) is 0.625. The molecule has 5 heteroatoms. The third-order valence-electron chi connectivity index (χ3n) is 3.89. The third-order valence-corrected chi connectivity index (χ3v) is 3.89. The van der Waals surface area contributed by atoms with Crippen LogP contribution < -0.4 is 5.32 Å². The summed E-state index contributed by atoms with van der Waals surface area (Å²) in [5, 5.41) is 24.5. The SMILES string of the molecule is O=C(NC(O)C(O)c1ccc2ccccc2c1)OCc1ccccc1. The highest BCUT2D eigenvalue weighted by molar-refractivity contribution is 5.83. The molecule has 1 amide bonds. The summed E-state index contributed by atoms with van der Waals surface area (Å²) in [6.07, 6.45) is -3.52. The van der Waals surface area contributed by atoms with Crippen molar-refractivity contribution in [3.63, 3.8) is 0 Å². The van der Waals surface area contributed by atoms with E-state index in [4.69, 9.17) is 4.74 Å². The van der Waals surface area contributed by atoms with Gasteiger partial charge in [-0.15, -0.1) is 0 Å². The summed E-state index contributed by atoms with van der Waals surface area (Å²) in [4.78, 5) is 11.8. The van der Waals surface area contributed by atoms with E-state index in [1.165, 1.54) is 0 Å². The Morgan fingerprint density at radius 3 is 2.36 bits per heavy atom. The molecule has 0 aliphatic rings. The second kappa shape index (κ2) is 7.79. The number of nitrogens with one attached hydrogen (secondary N) is 1. The minimum atomic E-state index is -1.47. The van der Waals surface area contributed by atoms with Crippen LogP contribution in [0.5, 0.6) is 0 Å². The Kier molecular flexibility index (Phi) is 5.28. The number of alkyl carbamates (subject to hydrolysis) is 1. The molecule has 0 radical (unpaired) electrons. The Morgan fingerprint density at radius 1 is 0.920 bits per heavy atom. The second-order valence-electron chi connectivity index (χ2n) is 5.70. The van der Waals surface area contributed by atoms with Crippen molar-refractivity contribution in [1.29, 1.82) is 0 Å². The maximum Gasteiger partial charge on any atom is 0.409 e. The molecule has 2 atom stereocenters. The molecular weight excluding hydrogens is 318 g/mol. The number of fused-ring (bicyclic) bond motifs is 1. The van der Waals surface area contributed by atoms with Crippen molar-refractivity contribution in [2.75, 3.05) is 0 Å². The summed E-state index contributed by atoms with van der Waals surface area (Å²) in [7, 11) is 0. The van der Waals surface area contributed by atoms with Gasteiger partial charge in [0.15, 0.2) is 6.23 Å². The maximum absolute atomic E-state index is 11.8. The fourth-order valence-electron chi connectivity index (χ4n) is 2.54. The molecule has 3 aromatic carbocycles. The number of aliphatic hydroxyl groups is 2. The van der Waals surface area contributed by atoms with Gasteiger partial charge in [0, 0.05) is 0 Å². The lowest BCUT2D eigenvalue weighted by Gasteiger charge is -2.19. The van der Waals surface area contributed by atoms with Crippen LogP contribution in [0.25, 0.3) is 10.8 Å². The van der Waals surface area contributed by atoms with Crippen molar-refractivity contribution in [3.8, 4) is 0 Å². The molecule has 25 heavy (non-hydrogen) atoms. The number of rotatable bonds is 5. The number of hydrogen-bond acceptors (Lipinski definition) is 4. The van der Waals surface area contributed by atoms with Gasteiger partial charge in [0.1, 0.15) is 12.7 Å². The number of hydrogen-bond donors (Lipinski definition) is 3. The first kappa shape index (κ1) is 17.0. The first-order valence-electron chi connectivity index (χ1n) is 7.95. The Morgan fingerprint density at radius 2 is 1.60 bits per heavy atom. The molecule has 0 aliphatic heterocycles. The minimum absolute atomic E-state index is 0.0888. The highest BCUT2D eigenvalue weighted by Crippen LogP contribution is 2.22. The third kappa shape index (κ3) is 4.35. The largest absolute Gasteiger partial charge is 0.445 e. The van der Waals surface area contributed by atoms with Crippen molar-refractivity contribution in [1.82, 2.24) is 5.32 Å². The van der Waals surface area contributed by atoms with Gasteiger partial charge in [0.25, 0.3) is 0 Å². The molecule has 0 aliphatic carbocycles. The Balaban J connectivity index is 1.59. The molecule has 3 N–H and O–H groups in total. The highest BCUT2D eigenvalue weighted by Gasteiger charge is 2.21. The van der Waals surface area contributed by atoms with Crippen LogP contribution in [0.1, 0.15) is 17.2 Å². The smallest absolute Gasteiger partial charge is 0.409 e. The fraction of sp³-hybridized carbons (Fsp3) is 0.150. The van der Waals surface area contributed by atoms with Crippen LogP contribution in [0, 0.1) is 0 Å². The fourth-order valence-corrected chi connectivity index (χ4v) is 2.54. The van der Waals surface area contributed by atoms with E-state index in [1.54, 1.807) is 12.1 Å². The lowest BCUT2D eigenvalue weighted by molar-refractivity contribution is -0.00424. The van der Waals surface area contributed by atoms with Crippen LogP contribution in [0.2, 0.25) is 0 Å². The van der Waals surface area contributed by atoms with E-state index in [-0.39, 0.29) is 6.61 Å². The van der Waals surface area contributed by atoms with Crippen LogP contribution in [-0.2, 0) is 11.3 Å². The number of ether oxygens (including phenoxy) is 1. The van der Waals surface area contributed by atoms with Crippen molar-refractivity contribution < 1.29 is 19.7 Å². The van der Waals surface area contributed by atoms with E-state index in [9.17, 15) is 15.0 Å². The zero-order valence-electron chi connectivity index (χ0n) is 13.5. The predicted octanol–water partition coefficient (Wildman–Crippen LogP) is 3.12. The lowest BCUT2D eigenvalue weighted by atomic mass is 10.0. The molecule has 3 rings (SSSR count). The van der Waals surface area contributed by atoms with Crippen molar-refractivity contribution >= 4 is 16.9 Å². The molecule has 5 nitrogen and oxygen atoms in total. The number of aliphatic hydroxyl groups excluding tert-OH is 2. The highest BCUT2D eigenvalue weighted by atomic mass is 16.6. The van der Waals surface area contributed by atoms with Gasteiger partial charge in [0.05, 0.1) is 0 Å². The normalized spacial score (nSPS) is 13.2. The molecule has 0 bridgehead atoms. The first-order valence-corrected chi connectivity index (χ1v) is 7.95. The van der Waals surface area contributed by atoms with Gasteiger partial charge in [-0.2, -0.15) is 0 Å². The molecular formula is C20H19NO4. The maximum atomic E-state index is 11.8. The number of benzene rings is 3. The molecule has 0 aromatic heterocycles. The van der Waals surface area contributed by atoms with Gasteiger partial charge < -0.3 is 14.9 Å². The lowest BCUT2D eigenvalue weighted by Crippen LogP contribution is -2.39. The summed E-state index contributed by atoms with van der Waals surface area (Å²) in [5.74, 6) is 0. The van der Waals surface area contributed by atoms with Gasteiger partial charge in [-0.25, -0.2) is 4.79 Å². The van der Waals surface area contributed by atoms with Gasteiger partial charge >= 0.3 is 6.09 Å². The average molecular weight is 337 g/mol. The van der Waals surface area contributed by atoms with Crippen molar-refractivity contribution in [2.24, 2.45) is 0 Å². The molecule has 0 heterocycles. The standard InChI is InChI=1S/C20H19NO4/c22-18(17-11-10-15-8-4-5-9-16(15)12-17)19(23)21-20(24)25-13-14-6-2-1-3-7-14/h1-12,18-19,22-23H,13H2,(H,21,24). The average Bonchev–Trinajstić information content (AvgIpc) is 2.66. The summed E-state index contributed by atoms with van der Waals surface area (Å²) in [5.41, 5.74) is 1.34. The first-order chi connectivity index (χ1) is 12.1. The minimum Gasteiger partial charge on any atom is -0.445 e. The zero-order chi connectivity index (χ0) is 17.6. The van der Waals surface area contributed by atoms with E-state index < -0.39 is 18.4 Å². The molecule has 0 saturated carbocycles. The van der Waals surface area contributed by atoms with Gasteiger partial charge in [0.2, 0.25) is 0 Å². The topological polar surface area (TPSA) is 78.8 Å². The Labute approximate surface area is 145 Å². The van der Waals surface area contributed by atoms with Gasteiger partial charge in [-0.3, -0.25) is 5.32 Å². The van der Waals surface area contributed by atoms with Crippen molar-refractivity contribution in [3.05, 3.63) is 83.9 Å². The summed E-state index contributed by atoms with van der Waals surface area (Å²) >= 11 is 0. The van der Waals surface area contributed by atoms with E-state index in [0.29, 0.717) is 5.56 Å². The Bertz CT molecular complexity index is 850. The van der Waals surface area contributed by atoms with E-state index in [1.807, 2.05) is 60.7 Å².